The molecule has 36 heavy (non-hydrogen) atoms. The number of azo groups is 1. The highest BCUT2D eigenvalue weighted by Gasteiger charge is 2.18. The predicted molar refractivity (Wildman–Crippen MR) is 143 cm³/mol. The molecule has 6 nitrogen and oxygen atoms in total. The summed E-state index contributed by atoms with van der Waals surface area (Å²) < 4.78 is 3.71. The molecule has 0 saturated heterocycles. The van der Waals surface area contributed by atoms with Gasteiger partial charge in [0.2, 0.25) is 5.88 Å². The monoisotopic (exact) mass is 492 g/mol. The van der Waals surface area contributed by atoms with Crippen LogP contribution in [0.2, 0.25) is 5.02 Å². The fraction of sp³-hybridized carbons (Fsp3) is 0.0690. The zero-order valence-corrected chi connectivity index (χ0v) is 19.9. The van der Waals surface area contributed by atoms with Crippen LogP contribution in [0.15, 0.2) is 107 Å². The van der Waals surface area contributed by atoms with Crippen LogP contribution in [-0.4, -0.2) is 20.1 Å². The van der Waals surface area contributed by atoms with E-state index in [1.54, 1.807) is 4.57 Å². The normalized spacial score (nSPS) is 11.8. The van der Waals surface area contributed by atoms with Crippen molar-refractivity contribution >= 4 is 55.9 Å². The molecule has 176 valence electrons. The lowest BCUT2D eigenvalue weighted by Crippen LogP contribution is -2.06. The fourth-order valence-electron chi connectivity index (χ4n) is 4.75. The SMILES string of the molecule is O=C(Cn1c2ccccc2c2ccccc21)N=Nc1c(O)n(Cc2ccc(Cl)cc2)c2ccccc12. The molecule has 6 rings (SSSR count). The molecule has 0 aliphatic carbocycles. The molecular formula is C29H21ClN4O2. The molecule has 2 heterocycles. The number of para-hydroxylation sites is 3. The van der Waals surface area contributed by atoms with Crippen LogP contribution in [0, 0.1) is 0 Å². The number of aromatic nitrogens is 2. The Labute approximate surface area is 211 Å². The third-order valence-corrected chi connectivity index (χ3v) is 6.66. The molecule has 6 aromatic rings. The van der Waals surface area contributed by atoms with E-state index in [1.165, 1.54) is 0 Å². The quantitative estimate of drug-likeness (QED) is 0.253. The van der Waals surface area contributed by atoms with Gasteiger partial charge >= 0.3 is 0 Å². The first-order chi connectivity index (χ1) is 17.6. The highest BCUT2D eigenvalue weighted by atomic mass is 35.5. The molecule has 1 N–H and O–H groups in total. The number of carbonyl (C=O) groups is 1. The second-order valence-electron chi connectivity index (χ2n) is 8.62. The molecule has 0 atom stereocenters. The molecule has 0 aliphatic heterocycles. The standard InChI is InChI=1S/C29H21ClN4O2/c30-20-15-13-19(14-16-20)17-34-26-12-6-3-9-23(26)28(29(34)36)32-31-27(35)18-33-24-10-4-1-7-21(24)22-8-2-5-11-25(22)33/h1-16,36H,17-18H2. The highest BCUT2D eigenvalue weighted by Crippen LogP contribution is 2.39. The summed E-state index contributed by atoms with van der Waals surface area (Å²) in [6, 6.07) is 31.0. The number of fused-ring (bicyclic) bond motifs is 4. The molecule has 0 saturated carbocycles. The number of amides is 1. The van der Waals surface area contributed by atoms with Gasteiger partial charge in [-0.1, -0.05) is 78.3 Å². The minimum atomic E-state index is -0.407. The smallest absolute Gasteiger partial charge is 0.284 e. The van der Waals surface area contributed by atoms with Crippen LogP contribution < -0.4 is 0 Å². The molecule has 0 fully saturated rings. The van der Waals surface area contributed by atoms with Gasteiger partial charge in [-0.05, 0) is 35.9 Å². The number of carbonyl (C=O) groups excluding carboxylic acids is 1. The second kappa shape index (κ2) is 8.98. The number of hydrogen-bond acceptors (Lipinski definition) is 3. The first-order valence-electron chi connectivity index (χ1n) is 11.6. The van der Waals surface area contributed by atoms with Gasteiger partial charge in [0.25, 0.3) is 5.91 Å². The van der Waals surface area contributed by atoms with E-state index in [4.69, 9.17) is 11.6 Å². The van der Waals surface area contributed by atoms with Gasteiger partial charge in [-0.25, -0.2) is 0 Å². The number of nitrogens with zero attached hydrogens (tertiary/aromatic N) is 4. The van der Waals surface area contributed by atoms with E-state index in [0.717, 1.165) is 38.3 Å². The van der Waals surface area contributed by atoms with Crippen molar-refractivity contribution in [1.29, 1.82) is 0 Å². The maximum Gasteiger partial charge on any atom is 0.284 e. The summed E-state index contributed by atoms with van der Waals surface area (Å²) in [5.41, 5.74) is 3.97. The molecule has 0 unspecified atom stereocenters. The number of hydrogen-bond donors (Lipinski definition) is 1. The van der Waals surface area contributed by atoms with Gasteiger partial charge in [0.1, 0.15) is 6.54 Å². The van der Waals surface area contributed by atoms with Gasteiger partial charge in [0, 0.05) is 32.2 Å². The Morgan fingerprint density at radius 1 is 0.722 bits per heavy atom. The number of aromatic hydroxyl groups is 1. The van der Waals surface area contributed by atoms with E-state index in [-0.39, 0.29) is 18.1 Å². The molecule has 4 aromatic carbocycles. The van der Waals surface area contributed by atoms with Crippen LogP contribution in [0.3, 0.4) is 0 Å². The molecule has 2 aromatic heterocycles. The van der Waals surface area contributed by atoms with Crippen LogP contribution in [0.1, 0.15) is 5.56 Å². The zero-order valence-electron chi connectivity index (χ0n) is 19.2. The number of benzene rings is 4. The van der Waals surface area contributed by atoms with Gasteiger partial charge in [-0.15, -0.1) is 10.2 Å². The van der Waals surface area contributed by atoms with Gasteiger partial charge in [-0.3, -0.25) is 4.79 Å². The van der Waals surface area contributed by atoms with Gasteiger partial charge in [0.15, 0.2) is 5.69 Å². The van der Waals surface area contributed by atoms with Crippen LogP contribution in [0.25, 0.3) is 32.7 Å². The van der Waals surface area contributed by atoms with Crippen molar-refractivity contribution in [1.82, 2.24) is 9.13 Å². The van der Waals surface area contributed by atoms with Gasteiger partial charge in [-0.2, -0.15) is 0 Å². The van der Waals surface area contributed by atoms with E-state index < -0.39 is 5.91 Å². The van der Waals surface area contributed by atoms with Crippen LogP contribution in [0.4, 0.5) is 5.69 Å². The Kier molecular flexibility index (Phi) is 5.51. The number of halogens is 1. The third kappa shape index (κ3) is 3.82. The molecule has 0 radical (unpaired) electrons. The average molecular weight is 493 g/mol. The van der Waals surface area contributed by atoms with Crippen molar-refractivity contribution < 1.29 is 9.90 Å². The zero-order chi connectivity index (χ0) is 24.6. The molecule has 0 bridgehead atoms. The van der Waals surface area contributed by atoms with E-state index in [9.17, 15) is 9.90 Å². The largest absolute Gasteiger partial charge is 0.493 e. The summed E-state index contributed by atoms with van der Waals surface area (Å²) in [7, 11) is 0. The first-order valence-corrected chi connectivity index (χ1v) is 11.9. The van der Waals surface area contributed by atoms with Crippen LogP contribution >= 0.6 is 11.6 Å². The lowest BCUT2D eigenvalue weighted by molar-refractivity contribution is -0.118. The van der Waals surface area contributed by atoms with Crippen molar-refractivity contribution in [3.63, 3.8) is 0 Å². The Hall–Kier alpha value is -4.42. The minimum absolute atomic E-state index is 0.0421. The predicted octanol–water partition coefficient (Wildman–Crippen LogP) is 7.47. The molecule has 0 aliphatic rings. The first kappa shape index (κ1) is 22.1. The summed E-state index contributed by atoms with van der Waals surface area (Å²) in [5, 5.41) is 22.8. The van der Waals surface area contributed by atoms with Crippen LogP contribution in [0.5, 0.6) is 5.88 Å². The van der Waals surface area contributed by atoms with E-state index in [1.807, 2.05) is 102 Å². The van der Waals surface area contributed by atoms with E-state index >= 15 is 0 Å². The fourth-order valence-corrected chi connectivity index (χ4v) is 4.87. The van der Waals surface area contributed by atoms with Crippen molar-refractivity contribution in [3.8, 4) is 5.88 Å². The lowest BCUT2D eigenvalue weighted by Gasteiger charge is -2.07. The summed E-state index contributed by atoms with van der Waals surface area (Å²) in [6.07, 6.45) is 0. The van der Waals surface area contributed by atoms with Crippen molar-refractivity contribution in [2.24, 2.45) is 10.2 Å². The van der Waals surface area contributed by atoms with E-state index in [2.05, 4.69) is 10.2 Å². The Morgan fingerprint density at radius 2 is 1.25 bits per heavy atom. The Balaban J connectivity index is 1.34. The molecule has 7 heteroatoms. The van der Waals surface area contributed by atoms with Gasteiger partial charge < -0.3 is 14.2 Å². The third-order valence-electron chi connectivity index (χ3n) is 6.41. The lowest BCUT2D eigenvalue weighted by atomic mass is 10.2. The summed E-state index contributed by atoms with van der Waals surface area (Å²) in [6.45, 7) is 0.468. The molecular weight excluding hydrogens is 472 g/mol. The molecule has 1 amide bonds. The van der Waals surface area contributed by atoms with Crippen molar-refractivity contribution in [2.45, 2.75) is 13.1 Å². The van der Waals surface area contributed by atoms with E-state index in [0.29, 0.717) is 11.6 Å². The number of rotatable bonds is 5. The Bertz CT molecular complexity index is 1730. The maximum absolute atomic E-state index is 13.0. The Morgan fingerprint density at radius 3 is 1.86 bits per heavy atom. The van der Waals surface area contributed by atoms with Crippen molar-refractivity contribution in [2.75, 3.05) is 0 Å². The molecule has 0 spiro atoms. The summed E-state index contributed by atoms with van der Waals surface area (Å²) >= 11 is 6.01. The van der Waals surface area contributed by atoms with Gasteiger partial charge in [0.05, 0.1) is 12.1 Å². The average Bonchev–Trinajstić information content (AvgIpc) is 3.36. The summed E-state index contributed by atoms with van der Waals surface area (Å²) in [4.78, 5) is 13.0. The van der Waals surface area contributed by atoms with Crippen LogP contribution in [-0.2, 0) is 17.9 Å². The maximum atomic E-state index is 13.0. The van der Waals surface area contributed by atoms with Crippen molar-refractivity contribution in [3.05, 3.63) is 108 Å². The summed E-state index contributed by atoms with van der Waals surface area (Å²) in [5.74, 6) is -0.449. The minimum Gasteiger partial charge on any atom is -0.493 e. The second-order valence-corrected chi connectivity index (χ2v) is 9.05. The highest BCUT2D eigenvalue weighted by molar-refractivity contribution is 6.30. The topological polar surface area (TPSA) is 71.9 Å².